The van der Waals surface area contributed by atoms with Crippen LogP contribution in [0.15, 0.2) is 0 Å². The quantitative estimate of drug-likeness (QED) is 0.0465. The highest BCUT2D eigenvalue weighted by molar-refractivity contribution is 6.11. The SMILES string of the molecule is CCCCCCCCCCCCCCCC(=O)C(O)C(O)(C(=O)CCCCCCCCCCCCCCC)C(=O)OCC.C[NH+](C)C.[Br-]. The van der Waals surface area contributed by atoms with Gasteiger partial charge in [0.2, 0.25) is 0 Å². The Hall–Kier alpha value is -0.830. The standard InChI is InChI=1S/C37H70O6.C3H9N.BrH/c1-4-7-9-11-13-15-17-19-21-23-25-27-29-31-33(38)35(40)37(42,36(41)43-6-3)34(39)32-30-28-26-24-22-20-18-16-14-12-10-8-5-2;1-4(2)3;/h35,40,42H,4-32H2,1-3H3;1-3H3;1H. The van der Waals surface area contributed by atoms with E-state index in [1.165, 1.54) is 120 Å². The van der Waals surface area contributed by atoms with Crippen molar-refractivity contribution in [3.8, 4) is 0 Å². The van der Waals surface area contributed by atoms with Crippen molar-refractivity contribution in [3.05, 3.63) is 0 Å². The fourth-order valence-corrected chi connectivity index (χ4v) is 5.80. The van der Waals surface area contributed by atoms with Gasteiger partial charge < -0.3 is 36.8 Å². The average Bonchev–Trinajstić information content (AvgIpc) is 3.04. The highest BCUT2D eigenvalue weighted by Gasteiger charge is 2.53. The second-order valence-corrected chi connectivity index (χ2v) is 14.3. The van der Waals surface area contributed by atoms with Crippen LogP contribution < -0.4 is 21.9 Å². The number of aliphatic hydroxyl groups excluding tert-OH is 1. The maximum atomic E-state index is 13.0. The summed E-state index contributed by atoms with van der Waals surface area (Å²) in [7, 11) is 6.25. The minimum atomic E-state index is -2.82. The van der Waals surface area contributed by atoms with Gasteiger partial charge in [-0.05, 0) is 19.8 Å². The molecule has 8 heteroatoms. The number of aliphatic hydroxyl groups is 2. The molecular weight excluding hydrogens is 670 g/mol. The number of hydrogen-bond acceptors (Lipinski definition) is 6. The second kappa shape index (κ2) is 37.4. The molecule has 0 radical (unpaired) electrons. The molecule has 3 N–H and O–H groups in total. The largest absolute Gasteiger partial charge is 1.00 e. The summed E-state index contributed by atoms with van der Waals surface area (Å²) in [6.07, 6.45) is 28.3. The third-order valence-electron chi connectivity index (χ3n) is 8.75. The molecule has 0 bridgehead atoms. The summed E-state index contributed by atoms with van der Waals surface area (Å²) in [6, 6.07) is 0. The Morgan fingerprint density at radius 3 is 1.10 bits per heavy atom. The molecule has 0 spiro atoms. The van der Waals surface area contributed by atoms with Crippen LogP contribution >= 0.6 is 0 Å². The first-order valence-corrected chi connectivity index (χ1v) is 20.0. The van der Waals surface area contributed by atoms with E-state index in [0.29, 0.717) is 12.8 Å². The van der Waals surface area contributed by atoms with E-state index in [9.17, 15) is 24.6 Å². The van der Waals surface area contributed by atoms with Crippen molar-refractivity contribution >= 4 is 17.5 Å². The van der Waals surface area contributed by atoms with E-state index in [1.54, 1.807) is 6.92 Å². The normalized spacial score (nSPS) is 12.9. The van der Waals surface area contributed by atoms with Gasteiger partial charge in [-0.1, -0.05) is 168 Å². The van der Waals surface area contributed by atoms with Gasteiger partial charge >= 0.3 is 5.97 Å². The van der Waals surface area contributed by atoms with Crippen LogP contribution in [0.25, 0.3) is 0 Å². The van der Waals surface area contributed by atoms with Gasteiger partial charge in [-0.2, -0.15) is 0 Å². The summed E-state index contributed by atoms with van der Waals surface area (Å²) in [6.45, 7) is 6.00. The fourth-order valence-electron chi connectivity index (χ4n) is 5.80. The van der Waals surface area contributed by atoms with Gasteiger partial charge in [0.15, 0.2) is 17.7 Å². The molecule has 0 aromatic rings. The minimum Gasteiger partial charge on any atom is -1.00 e. The van der Waals surface area contributed by atoms with Crippen molar-refractivity contribution in [2.24, 2.45) is 0 Å². The molecule has 2 atom stereocenters. The molecule has 0 aromatic carbocycles. The summed E-state index contributed by atoms with van der Waals surface area (Å²) < 4.78 is 4.92. The smallest absolute Gasteiger partial charge is 0.349 e. The van der Waals surface area contributed by atoms with Crippen LogP contribution in [0.3, 0.4) is 0 Å². The van der Waals surface area contributed by atoms with Gasteiger partial charge in [0.05, 0.1) is 27.7 Å². The molecule has 0 aliphatic rings. The molecule has 0 fully saturated rings. The van der Waals surface area contributed by atoms with E-state index >= 15 is 0 Å². The van der Waals surface area contributed by atoms with Crippen molar-refractivity contribution in [2.75, 3.05) is 27.7 Å². The molecule has 7 nitrogen and oxygen atoms in total. The number of hydrogen-bond donors (Lipinski definition) is 3. The third kappa shape index (κ3) is 30.0. The van der Waals surface area contributed by atoms with E-state index in [-0.39, 0.29) is 36.4 Å². The molecule has 0 saturated heterocycles. The number of ketones is 2. The lowest BCUT2D eigenvalue weighted by Crippen LogP contribution is -3.02. The first-order valence-electron chi connectivity index (χ1n) is 20.0. The number of quaternary nitrogens is 1. The Kier molecular flexibility index (Phi) is 40.2. The van der Waals surface area contributed by atoms with Crippen molar-refractivity contribution in [2.45, 2.75) is 212 Å². The lowest BCUT2D eigenvalue weighted by atomic mass is 9.85. The van der Waals surface area contributed by atoms with E-state index in [1.807, 2.05) is 0 Å². The van der Waals surface area contributed by atoms with Crippen molar-refractivity contribution in [3.63, 3.8) is 0 Å². The molecule has 0 amide bonds. The molecule has 0 heterocycles. The van der Waals surface area contributed by atoms with Crippen molar-refractivity contribution in [1.82, 2.24) is 0 Å². The fraction of sp³-hybridized carbons (Fsp3) is 0.925. The van der Waals surface area contributed by atoms with Crippen molar-refractivity contribution in [1.29, 1.82) is 0 Å². The number of nitrogens with one attached hydrogen (secondary N) is 1. The van der Waals surface area contributed by atoms with E-state index in [4.69, 9.17) is 4.74 Å². The number of ether oxygens (including phenoxy) is 1. The zero-order valence-electron chi connectivity index (χ0n) is 32.5. The van der Waals surface area contributed by atoms with Gasteiger partial charge in [0.1, 0.15) is 0 Å². The maximum Gasteiger partial charge on any atom is 0.349 e. The van der Waals surface area contributed by atoms with Gasteiger partial charge in [0.25, 0.3) is 5.60 Å². The second-order valence-electron chi connectivity index (χ2n) is 14.3. The Labute approximate surface area is 307 Å². The summed E-state index contributed by atoms with van der Waals surface area (Å²) in [5.74, 6) is -2.71. The van der Waals surface area contributed by atoms with Crippen molar-refractivity contribution < 1.29 is 51.2 Å². The van der Waals surface area contributed by atoms with Gasteiger partial charge in [-0.15, -0.1) is 0 Å². The molecular formula is C40H80BrNO6. The van der Waals surface area contributed by atoms with Crippen LogP contribution in [0.5, 0.6) is 0 Å². The van der Waals surface area contributed by atoms with Crippen LogP contribution in [0.2, 0.25) is 0 Å². The number of halogens is 1. The number of unbranched alkanes of at least 4 members (excludes halogenated alkanes) is 24. The highest BCUT2D eigenvalue weighted by atomic mass is 79.9. The van der Waals surface area contributed by atoms with Crippen LogP contribution in [-0.4, -0.2) is 67.2 Å². The zero-order valence-corrected chi connectivity index (χ0v) is 34.1. The number of rotatable bonds is 33. The number of Topliss-reactive ketones (excluding diaryl/α,β-unsaturated/α-hetero) is 2. The van der Waals surface area contributed by atoms with Crippen LogP contribution in [0.1, 0.15) is 201 Å². The topological polar surface area (TPSA) is 105 Å². The molecule has 48 heavy (non-hydrogen) atoms. The number of esters is 1. The summed E-state index contributed by atoms with van der Waals surface area (Å²) in [5.41, 5.74) is -2.82. The van der Waals surface area contributed by atoms with E-state index in [0.717, 1.165) is 38.5 Å². The Morgan fingerprint density at radius 1 is 0.542 bits per heavy atom. The lowest BCUT2D eigenvalue weighted by molar-refractivity contribution is -0.836. The zero-order chi connectivity index (χ0) is 35.6. The maximum absolute atomic E-state index is 13.0. The van der Waals surface area contributed by atoms with Crippen LogP contribution in [0.4, 0.5) is 0 Å². The third-order valence-corrected chi connectivity index (χ3v) is 8.75. The lowest BCUT2D eigenvalue weighted by Gasteiger charge is -2.28. The average molecular weight is 751 g/mol. The molecule has 0 rings (SSSR count). The number of carbonyl (C=O) groups excluding carboxylic acids is 3. The van der Waals surface area contributed by atoms with Crippen LogP contribution in [-0.2, 0) is 19.1 Å². The highest BCUT2D eigenvalue weighted by Crippen LogP contribution is 2.23. The Morgan fingerprint density at radius 2 is 0.812 bits per heavy atom. The molecule has 2 unspecified atom stereocenters. The number of carbonyl (C=O) groups is 3. The summed E-state index contributed by atoms with van der Waals surface area (Å²) in [4.78, 5) is 39.7. The molecule has 0 saturated carbocycles. The molecule has 0 aliphatic carbocycles. The molecule has 0 aromatic heterocycles. The summed E-state index contributed by atoms with van der Waals surface area (Å²) >= 11 is 0. The predicted octanol–water partition coefficient (Wildman–Crippen LogP) is 5.51. The van der Waals surface area contributed by atoms with E-state index < -0.39 is 29.2 Å². The first-order chi connectivity index (χ1) is 22.6. The first kappa shape index (κ1) is 51.5. The van der Waals surface area contributed by atoms with Gasteiger partial charge in [0, 0.05) is 12.8 Å². The van der Waals surface area contributed by atoms with E-state index in [2.05, 4.69) is 35.0 Å². The van der Waals surface area contributed by atoms with Gasteiger partial charge in [-0.25, -0.2) is 4.79 Å². The summed E-state index contributed by atoms with van der Waals surface area (Å²) in [5, 5.41) is 21.7. The minimum absolute atomic E-state index is 0. The monoisotopic (exact) mass is 750 g/mol. The van der Waals surface area contributed by atoms with Gasteiger partial charge in [-0.3, -0.25) is 9.59 Å². The molecule has 0 aliphatic heterocycles. The predicted molar refractivity (Wildman–Crippen MR) is 197 cm³/mol. The molecule has 288 valence electrons. The Balaban J connectivity index is -0.00000381. The Bertz CT molecular complexity index is 732. The van der Waals surface area contributed by atoms with Crippen LogP contribution in [0, 0.1) is 0 Å².